The lowest BCUT2D eigenvalue weighted by Gasteiger charge is -2.29. The van der Waals surface area contributed by atoms with Crippen LogP contribution in [-0.4, -0.2) is 43.0 Å². The topological polar surface area (TPSA) is 123 Å². The fraction of sp³-hybridized carbons (Fsp3) is 0.370. The van der Waals surface area contributed by atoms with Gasteiger partial charge in [0.2, 0.25) is 11.7 Å². The van der Waals surface area contributed by atoms with Gasteiger partial charge in [-0.15, -0.1) is 10.2 Å². The normalized spacial score (nSPS) is 15.6. The van der Waals surface area contributed by atoms with Crippen molar-refractivity contribution in [1.82, 2.24) is 30.5 Å². The molecule has 2 aliphatic rings. The first-order chi connectivity index (χ1) is 18.1. The number of H-pyrrole nitrogens is 1. The molecular weight excluding hydrogens is 472 g/mol. The fourth-order valence-electron chi connectivity index (χ4n) is 4.79. The van der Waals surface area contributed by atoms with E-state index in [0.29, 0.717) is 42.8 Å². The second-order valence-corrected chi connectivity index (χ2v) is 9.61. The minimum Gasteiger partial charge on any atom is -0.486 e. The van der Waals surface area contributed by atoms with Gasteiger partial charge in [0.1, 0.15) is 29.6 Å². The Balaban J connectivity index is 1.21. The maximum absolute atomic E-state index is 12.8. The molecule has 1 N–H and O–H groups in total. The Labute approximate surface area is 213 Å². The van der Waals surface area contributed by atoms with Gasteiger partial charge >= 0.3 is 0 Å². The van der Waals surface area contributed by atoms with Crippen LogP contribution in [0.5, 0.6) is 5.75 Å². The van der Waals surface area contributed by atoms with E-state index in [9.17, 15) is 4.79 Å². The van der Waals surface area contributed by atoms with Gasteiger partial charge in [-0.2, -0.15) is 5.21 Å². The largest absolute Gasteiger partial charge is 0.486 e. The number of benzene rings is 1. The predicted molar refractivity (Wildman–Crippen MR) is 133 cm³/mol. The van der Waals surface area contributed by atoms with Crippen molar-refractivity contribution in [2.75, 3.05) is 6.54 Å². The van der Waals surface area contributed by atoms with E-state index >= 15 is 0 Å². The zero-order chi connectivity index (χ0) is 25.2. The maximum Gasteiger partial charge on any atom is 0.246 e. The summed E-state index contributed by atoms with van der Waals surface area (Å²) >= 11 is 0. The van der Waals surface area contributed by atoms with Crippen molar-refractivity contribution in [3.05, 3.63) is 70.8 Å². The molecule has 190 valence electrons. The molecule has 0 radical (unpaired) electrons. The van der Waals surface area contributed by atoms with E-state index in [1.165, 1.54) is 19.3 Å². The molecule has 6 rings (SSSR count). The molecule has 0 bridgehead atoms. The minimum absolute atomic E-state index is 0.0658. The number of furan rings is 1. The molecule has 4 heterocycles. The van der Waals surface area contributed by atoms with Crippen molar-refractivity contribution in [3.8, 4) is 17.1 Å². The van der Waals surface area contributed by atoms with Gasteiger partial charge < -0.3 is 18.5 Å². The highest BCUT2D eigenvalue weighted by atomic mass is 16.5. The average molecular weight is 501 g/mol. The van der Waals surface area contributed by atoms with E-state index in [1.807, 2.05) is 30.0 Å². The summed E-state index contributed by atoms with van der Waals surface area (Å²) in [5.41, 5.74) is 3.69. The first-order valence-corrected chi connectivity index (χ1v) is 12.6. The number of carbonyl (C=O) groups is 1. The number of hydrogen-bond acceptors (Lipinski definition) is 8. The molecule has 1 aromatic carbocycles. The zero-order valence-corrected chi connectivity index (χ0v) is 20.6. The van der Waals surface area contributed by atoms with E-state index < -0.39 is 0 Å². The van der Waals surface area contributed by atoms with Crippen molar-refractivity contribution in [2.45, 2.75) is 52.2 Å². The van der Waals surface area contributed by atoms with Crippen molar-refractivity contribution in [2.24, 2.45) is 5.92 Å². The summed E-state index contributed by atoms with van der Waals surface area (Å²) in [4.78, 5) is 19.3. The summed E-state index contributed by atoms with van der Waals surface area (Å²) in [6, 6.07) is 7.61. The lowest BCUT2D eigenvalue weighted by molar-refractivity contribution is -0.126. The zero-order valence-electron chi connectivity index (χ0n) is 20.6. The number of aryl methyl sites for hydroxylation is 1. The van der Waals surface area contributed by atoms with Crippen molar-refractivity contribution in [3.63, 3.8) is 0 Å². The Hall–Kier alpha value is -4.21. The first-order valence-electron chi connectivity index (χ1n) is 12.6. The Kier molecular flexibility index (Phi) is 6.30. The molecule has 37 heavy (non-hydrogen) atoms. The van der Waals surface area contributed by atoms with Crippen molar-refractivity contribution >= 4 is 12.0 Å². The van der Waals surface area contributed by atoms with Crippen molar-refractivity contribution in [1.29, 1.82) is 0 Å². The van der Waals surface area contributed by atoms with E-state index in [-0.39, 0.29) is 12.5 Å². The minimum atomic E-state index is -0.0658. The van der Waals surface area contributed by atoms with Crippen LogP contribution in [-0.2, 0) is 30.8 Å². The number of nitrogens with one attached hydrogen (secondary N) is 1. The molecule has 0 atom stereocenters. The van der Waals surface area contributed by atoms with Crippen molar-refractivity contribution < 1.29 is 18.4 Å². The summed E-state index contributed by atoms with van der Waals surface area (Å²) in [5, 5.41) is 14.6. The fourth-order valence-corrected chi connectivity index (χ4v) is 4.79. The third-order valence-electron chi connectivity index (χ3n) is 7.13. The van der Waals surface area contributed by atoms with Gasteiger partial charge in [-0.05, 0) is 78.8 Å². The van der Waals surface area contributed by atoms with Crippen LogP contribution in [0.15, 0.2) is 45.4 Å². The lowest BCUT2D eigenvalue weighted by atomic mass is 9.83. The Morgan fingerprint density at radius 2 is 2.22 bits per heavy atom. The summed E-state index contributed by atoms with van der Waals surface area (Å²) in [6.45, 7) is 3.27. The second-order valence-electron chi connectivity index (χ2n) is 9.61. The number of fused-ring (bicyclic) bond motifs is 1. The van der Waals surface area contributed by atoms with E-state index in [4.69, 9.17) is 18.6 Å². The number of nitrogens with zero attached hydrogens (tertiary/aromatic N) is 5. The van der Waals surface area contributed by atoms with Crippen LogP contribution < -0.4 is 4.74 Å². The van der Waals surface area contributed by atoms with Crippen LogP contribution in [0.25, 0.3) is 17.5 Å². The lowest BCUT2D eigenvalue weighted by Crippen LogP contribution is -2.34. The van der Waals surface area contributed by atoms with Crippen LogP contribution in [0.4, 0.5) is 0 Å². The van der Waals surface area contributed by atoms with Crippen LogP contribution in [0, 0.1) is 12.8 Å². The van der Waals surface area contributed by atoms with E-state index in [1.54, 1.807) is 24.5 Å². The summed E-state index contributed by atoms with van der Waals surface area (Å²) in [6.07, 6.45) is 10.2. The number of ether oxygens (including phenoxy) is 1. The van der Waals surface area contributed by atoms with Crippen LogP contribution in [0.3, 0.4) is 0 Å². The molecular formula is C27H28N6O4. The molecule has 10 heteroatoms. The molecule has 1 aliphatic carbocycles. The average Bonchev–Trinajstić information content (AvgIpc) is 3.65. The van der Waals surface area contributed by atoms with Gasteiger partial charge in [0, 0.05) is 25.6 Å². The molecule has 3 aromatic heterocycles. The third kappa shape index (κ3) is 5.04. The third-order valence-corrected chi connectivity index (χ3v) is 7.13. The molecule has 1 fully saturated rings. The second kappa shape index (κ2) is 10.0. The molecule has 0 saturated heterocycles. The number of amides is 1. The van der Waals surface area contributed by atoms with Crippen LogP contribution in [0.2, 0.25) is 0 Å². The number of carbonyl (C=O) groups excluding carboxylic acids is 1. The molecule has 1 saturated carbocycles. The Bertz CT molecular complexity index is 1400. The smallest absolute Gasteiger partial charge is 0.246 e. The molecule has 10 nitrogen and oxygen atoms in total. The first kappa shape index (κ1) is 23.2. The number of oxazole rings is 1. The number of aromatic amines is 1. The van der Waals surface area contributed by atoms with Crippen LogP contribution in [0.1, 0.15) is 53.5 Å². The Morgan fingerprint density at radius 1 is 1.30 bits per heavy atom. The molecule has 1 amide bonds. The number of tetrazole rings is 1. The highest BCUT2D eigenvalue weighted by Crippen LogP contribution is 2.34. The van der Waals surface area contributed by atoms with Gasteiger partial charge in [0.05, 0.1) is 11.8 Å². The molecule has 4 aromatic rings. The quantitative estimate of drug-likeness (QED) is 0.356. The summed E-state index contributed by atoms with van der Waals surface area (Å²) in [7, 11) is 0. The van der Waals surface area contributed by atoms with E-state index in [2.05, 4.69) is 20.6 Å². The number of aromatic nitrogens is 5. The Morgan fingerprint density at radius 3 is 2.97 bits per heavy atom. The monoisotopic (exact) mass is 500 g/mol. The van der Waals surface area contributed by atoms with E-state index in [0.717, 1.165) is 40.5 Å². The van der Waals surface area contributed by atoms with Gasteiger partial charge in [-0.25, -0.2) is 4.98 Å². The van der Waals surface area contributed by atoms with Gasteiger partial charge in [-0.1, -0.05) is 6.42 Å². The predicted octanol–water partition coefficient (Wildman–Crippen LogP) is 4.28. The van der Waals surface area contributed by atoms with Gasteiger partial charge in [0.15, 0.2) is 5.89 Å². The molecule has 1 aliphatic heterocycles. The number of rotatable bonds is 8. The van der Waals surface area contributed by atoms with Gasteiger partial charge in [-0.3, -0.25) is 4.79 Å². The maximum atomic E-state index is 12.8. The molecule has 0 unspecified atom stereocenters. The standard InChI is InChI=1S/C27H28N6O4/c1-17-23(28-25(37-17)12-18-4-2-5-18)16-36-24-14-20-15-33(26(34)8-7-21-6-3-11-35-21)10-9-19(20)13-22(24)27-29-31-32-30-27/h3,6-8,11,13-14,18H,2,4-5,9-10,12,15-16H2,1H3,(H,29,30,31,32)/b8-7+. The highest BCUT2D eigenvalue weighted by Gasteiger charge is 2.24. The summed E-state index contributed by atoms with van der Waals surface area (Å²) in [5.74, 6) is 3.88. The number of hydrogen-bond donors (Lipinski definition) is 1. The van der Waals surface area contributed by atoms with Crippen LogP contribution >= 0.6 is 0 Å². The highest BCUT2D eigenvalue weighted by molar-refractivity contribution is 5.91. The molecule has 0 spiro atoms. The summed E-state index contributed by atoms with van der Waals surface area (Å²) < 4.78 is 17.5. The SMILES string of the molecule is Cc1oc(CC2CCC2)nc1COc1cc2c(cc1-c1nn[nH]n1)CCN(C(=O)/C=C/c1ccco1)C2. The van der Waals surface area contributed by atoms with Gasteiger partial charge in [0.25, 0.3) is 0 Å².